The highest BCUT2D eigenvalue weighted by Crippen LogP contribution is 2.09. The minimum Gasteiger partial charge on any atom is -0.308 e. The summed E-state index contributed by atoms with van der Waals surface area (Å²) in [5.74, 6) is 0. The van der Waals surface area contributed by atoms with Crippen molar-refractivity contribution < 1.29 is 0 Å². The third-order valence-electron chi connectivity index (χ3n) is 1.65. The highest BCUT2D eigenvalue weighted by molar-refractivity contribution is 6.36. The Balaban J connectivity index is 2.35. The second-order valence-electron chi connectivity index (χ2n) is 2.79. The molecule has 0 radical (unpaired) electrons. The Bertz CT molecular complexity index is 306. The van der Waals surface area contributed by atoms with Gasteiger partial charge in [0.2, 0.25) is 0 Å². The van der Waals surface area contributed by atoms with Crippen LogP contribution >= 0.6 is 34.8 Å². The van der Waals surface area contributed by atoms with Crippen LogP contribution in [-0.2, 0) is 6.54 Å². The minimum atomic E-state index is 0.577. The third-order valence-corrected chi connectivity index (χ3v) is 2.52. The summed E-state index contributed by atoms with van der Waals surface area (Å²) >= 11 is 16.9. The van der Waals surface area contributed by atoms with Crippen LogP contribution in [0.1, 0.15) is 5.56 Å². The van der Waals surface area contributed by atoms with Gasteiger partial charge in [0.15, 0.2) is 0 Å². The fraction of sp³-hybridized carbons (Fsp3) is 0.200. The second kappa shape index (κ2) is 6.31. The zero-order valence-electron chi connectivity index (χ0n) is 7.43. The van der Waals surface area contributed by atoms with Gasteiger partial charge in [-0.3, -0.25) is 0 Å². The summed E-state index contributed by atoms with van der Waals surface area (Å²) in [4.78, 5) is 0. The van der Waals surface area contributed by atoms with E-state index in [1.807, 2.05) is 24.3 Å². The lowest BCUT2D eigenvalue weighted by molar-refractivity contribution is 0.754. The monoisotopic (exact) mass is 249 g/mol. The number of hydrogen-bond acceptors (Lipinski definition) is 1. The molecule has 0 saturated carbocycles. The molecule has 1 nitrogen and oxygen atoms in total. The Morgan fingerprint density at radius 1 is 1.29 bits per heavy atom. The Labute approximate surface area is 98.7 Å². The van der Waals surface area contributed by atoms with Gasteiger partial charge in [-0.1, -0.05) is 46.9 Å². The van der Waals surface area contributed by atoms with E-state index in [1.165, 1.54) is 5.54 Å². The SMILES string of the molecule is ClC=C(Cl)CNCc1ccc(Cl)cc1. The van der Waals surface area contributed by atoms with Crippen LogP contribution in [0.3, 0.4) is 0 Å². The summed E-state index contributed by atoms with van der Waals surface area (Å²) in [6.07, 6.45) is 0. The number of nitrogens with one attached hydrogen (secondary N) is 1. The van der Waals surface area contributed by atoms with Crippen molar-refractivity contribution in [1.29, 1.82) is 0 Å². The molecule has 0 bridgehead atoms. The molecule has 1 aromatic rings. The van der Waals surface area contributed by atoms with E-state index >= 15 is 0 Å². The molecule has 0 unspecified atom stereocenters. The predicted octanol–water partition coefficient (Wildman–Crippen LogP) is 3.75. The smallest absolute Gasteiger partial charge is 0.0432 e. The van der Waals surface area contributed by atoms with E-state index < -0.39 is 0 Å². The number of benzene rings is 1. The summed E-state index contributed by atoms with van der Waals surface area (Å²) in [5, 5.41) is 4.48. The molecule has 0 spiro atoms. The zero-order valence-corrected chi connectivity index (χ0v) is 9.70. The largest absolute Gasteiger partial charge is 0.308 e. The standard InChI is InChI=1S/C10H10Cl3N/c11-5-10(13)7-14-6-8-1-3-9(12)4-2-8/h1-5,14H,6-7H2. The van der Waals surface area contributed by atoms with Crippen molar-refractivity contribution >= 4 is 34.8 Å². The molecule has 1 N–H and O–H groups in total. The maximum absolute atomic E-state index is 5.75. The summed E-state index contributed by atoms with van der Waals surface area (Å²) in [6.45, 7) is 1.33. The first-order valence-electron chi connectivity index (χ1n) is 4.12. The third kappa shape index (κ3) is 4.34. The summed E-state index contributed by atoms with van der Waals surface area (Å²) in [6, 6.07) is 7.65. The summed E-state index contributed by atoms with van der Waals surface area (Å²) in [7, 11) is 0. The zero-order chi connectivity index (χ0) is 10.4. The van der Waals surface area contributed by atoms with E-state index in [2.05, 4.69) is 5.32 Å². The first-order chi connectivity index (χ1) is 6.72. The molecule has 0 aliphatic rings. The second-order valence-corrected chi connectivity index (χ2v) is 3.93. The molecule has 76 valence electrons. The molecule has 1 aromatic carbocycles. The van der Waals surface area contributed by atoms with Gasteiger partial charge in [-0.25, -0.2) is 0 Å². The average Bonchev–Trinajstić information content (AvgIpc) is 2.21. The highest BCUT2D eigenvalue weighted by Gasteiger charge is 1.94. The van der Waals surface area contributed by atoms with Crippen LogP contribution in [0.4, 0.5) is 0 Å². The lowest BCUT2D eigenvalue weighted by Gasteiger charge is -2.03. The molecule has 0 saturated heterocycles. The molecule has 0 heterocycles. The van der Waals surface area contributed by atoms with E-state index in [1.54, 1.807) is 0 Å². The van der Waals surface area contributed by atoms with E-state index in [0.717, 1.165) is 17.1 Å². The Morgan fingerprint density at radius 3 is 2.50 bits per heavy atom. The molecule has 0 aliphatic carbocycles. The summed E-state index contributed by atoms with van der Waals surface area (Å²) in [5.41, 5.74) is 2.52. The molecule has 4 heteroatoms. The maximum Gasteiger partial charge on any atom is 0.0432 e. The normalized spacial score (nSPS) is 11.8. The van der Waals surface area contributed by atoms with Gasteiger partial charge in [-0.05, 0) is 17.7 Å². The van der Waals surface area contributed by atoms with Crippen molar-refractivity contribution in [2.75, 3.05) is 6.54 Å². The van der Waals surface area contributed by atoms with E-state index in [9.17, 15) is 0 Å². The fourth-order valence-electron chi connectivity index (χ4n) is 0.967. The Kier molecular flexibility index (Phi) is 5.34. The van der Waals surface area contributed by atoms with Gasteiger partial charge in [0.25, 0.3) is 0 Å². The first kappa shape index (κ1) is 11.9. The topological polar surface area (TPSA) is 12.0 Å². The van der Waals surface area contributed by atoms with Crippen LogP contribution in [0.5, 0.6) is 0 Å². The maximum atomic E-state index is 5.75. The van der Waals surface area contributed by atoms with Crippen molar-refractivity contribution in [1.82, 2.24) is 5.32 Å². The van der Waals surface area contributed by atoms with E-state index in [-0.39, 0.29) is 0 Å². The van der Waals surface area contributed by atoms with Crippen molar-refractivity contribution in [3.63, 3.8) is 0 Å². The van der Waals surface area contributed by atoms with Gasteiger partial charge >= 0.3 is 0 Å². The number of hydrogen-bond donors (Lipinski definition) is 1. The number of halogens is 3. The minimum absolute atomic E-state index is 0.577. The van der Waals surface area contributed by atoms with Crippen molar-refractivity contribution in [2.45, 2.75) is 6.54 Å². The van der Waals surface area contributed by atoms with Crippen LogP contribution in [0, 0.1) is 0 Å². The molecule has 0 fully saturated rings. The molecule has 0 aromatic heterocycles. The molecular weight excluding hydrogens is 240 g/mol. The lowest BCUT2D eigenvalue weighted by atomic mass is 10.2. The van der Waals surface area contributed by atoms with Crippen LogP contribution in [-0.4, -0.2) is 6.54 Å². The van der Waals surface area contributed by atoms with Crippen LogP contribution in [0.2, 0.25) is 5.02 Å². The molecule has 14 heavy (non-hydrogen) atoms. The van der Waals surface area contributed by atoms with Gasteiger partial charge in [0.1, 0.15) is 0 Å². The molecular formula is C10H10Cl3N. The molecule has 0 amide bonds. The van der Waals surface area contributed by atoms with Crippen molar-refractivity contribution in [3.8, 4) is 0 Å². The lowest BCUT2D eigenvalue weighted by Crippen LogP contribution is -2.14. The molecule has 0 aliphatic heterocycles. The van der Waals surface area contributed by atoms with Crippen LogP contribution in [0.25, 0.3) is 0 Å². The van der Waals surface area contributed by atoms with Gasteiger partial charge in [0.05, 0.1) is 0 Å². The molecule has 1 rings (SSSR count). The van der Waals surface area contributed by atoms with Gasteiger partial charge < -0.3 is 5.32 Å². The Hall–Kier alpha value is -0.210. The predicted molar refractivity (Wildman–Crippen MR) is 62.9 cm³/mol. The highest BCUT2D eigenvalue weighted by atomic mass is 35.5. The first-order valence-corrected chi connectivity index (χ1v) is 5.31. The Morgan fingerprint density at radius 2 is 1.93 bits per heavy atom. The summed E-state index contributed by atoms with van der Waals surface area (Å²) < 4.78 is 0. The quantitative estimate of drug-likeness (QED) is 0.858. The van der Waals surface area contributed by atoms with E-state index in [0.29, 0.717) is 11.6 Å². The van der Waals surface area contributed by atoms with Crippen molar-refractivity contribution in [2.24, 2.45) is 0 Å². The molecule has 0 atom stereocenters. The van der Waals surface area contributed by atoms with Gasteiger partial charge in [0, 0.05) is 28.7 Å². The van der Waals surface area contributed by atoms with Crippen molar-refractivity contribution in [3.05, 3.63) is 45.4 Å². The van der Waals surface area contributed by atoms with E-state index in [4.69, 9.17) is 34.8 Å². The van der Waals surface area contributed by atoms with Gasteiger partial charge in [-0.2, -0.15) is 0 Å². The number of rotatable bonds is 4. The van der Waals surface area contributed by atoms with Crippen LogP contribution in [0.15, 0.2) is 34.8 Å². The average molecular weight is 251 g/mol. The fourth-order valence-corrected chi connectivity index (χ4v) is 1.26. The van der Waals surface area contributed by atoms with Crippen LogP contribution < -0.4 is 5.32 Å². The van der Waals surface area contributed by atoms with Gasteiger partial charge in [-0.15, -0.1) is 0 Å².